The molecule has 0 spiro atoms. The van der Waals surface area contributed by atoms with Crippen LogP contribution in [0.25, 0.3) is 10.9 Å². The molecule has 5 heteroatoms. The summed E-state index contributed by atoms with van der Waals surface area (Å²) in [5.41, 5.74) is 4.23. The lowest BCUT2D eigenvalue weighted by atomic mass is 9.87. The maximum absolute atomic E-state index is 13.0. The van der Waals surface area contributed by atoms with Gasteiger partial charge in [-0.3, -0.25) is 14.6 Å². The summed E-state index contributed by atoms with van der Waals surface area (Å²) in [4.78, 5) is 30.2. The van der Waals surface area contributed by atoms with Gasteiger partial charge in [0.05, 0.1) is 17.0 Å². The van der Waals surface area contributed by atoms with E-state index < -0.39 is 0 Å². The van der Waals surface area contributed by atoms with Crippen molar-refractivity contribution in [2.24, 2.45) is 5.92 Å². The Bertz CT molecular complexity index is 1300. The van der Waals surface area contributed by atoms with Crippen LogP contribution in [0, 0.1) is 5.92 Å². The first-order chi connectivity index (χ1) is 16.9. The van der Waals surface area contributed by atoms with Crippen molar-refractivity contribution in [3.8, 4) is 0 Å². The molecule has 0 aliphatic carbocycles. The molecule has 4 aromatic rings. The van der Waals surface area contributed by atoms with Gasteiger partial charge in [-0.2, -0.15) is 0 Å². The minimum atomic E-state index is -0.180. The van der Waals surface area contributed by atoms with Crippen LogP contribution in [0.4, 0.5) is 5.69 Å². The number of carbonyl (C=O) groups is 2. The van der Waals surface area contributed by atoms with Crippen LogP contribution in [0.5, 0.6) is 0 Å². The van der Waals surface area contributed by atoms with Crippen LogP contribution in [0.1, 0.15) is 48.2 Å². The molecule has 35 heavy (non-hydrogen) atoms. The lowest BCUT2D eigenvalue weighted by Gasteiger charge is -2.23. The van der Waals surface area contributed by atoms with Crippen molar-refractivity contribution in [2.45, 2.75) is 39.2 Å². The van der Waals surface area contributed by atoms with Gasteiger partial charge in [-0.1, -0.05) is 74.5 Å². The van der Waals surface area contributed by atoms with Gasteiger partial charge in [0.15, 0.2) is 0 Å². The zero-order valence-electron chi connectivity index (χ0n) is 20.4. The van der Waals surface area contributed by atoms with Gasteiger partial charge in [0.25, 0.3) is 5.91 Å². The number of nitrogens with zero attached hydrogens (tertiary/aromatic N) is 1. The maximum atomic E-state index is 13.0. The predicted molar refractivity (Wildman–Crippen MR) is 141 cm³/mol. The van der Waals surface area contributed by atoms with E-state index in [9.17, 15) is 9.59 Å². The van der Waals surface area contributed by atoms with Gasteiger partial charge >= 0.3 is 0 Å². The van der Waals surface area contributed by atoms with Gasteiger partial charge < -0.3 is 10.6 Å². The Morgan fingerprint density at radius 1 is 0.829 bits per heavy atom. The third-order valence-corrected chi connectivity index (χ3v) is 6.14. The normalized spacial score (nSPS) is 12.8. The standard InChI is InChI=1S/C30H31N3O2/c1-20(2)28(23-9-5-4-6-10-23)30(35)32-21(3)19-22-13-15-24(16-14-22)33-29(34)26-17-18-31-27-12-8-7-11-25(26)27/h4-18,20-21,28H,19H2,1-3H3,(H,32,35)(H,33,34)/t21-,28?/m1/s1. The highest BCUT2D eigenvalue weighted by Gasteiger charge is 2.25. The van der Waals surface area contributed by atoms with Crippen molar-refractivity contribution in [3.63, 3.8) is 0 Å². The molecule has 2 atom stereocenters. The van der Waals surface area contributed by atoms with Gasteiger partial charge in [0.2, 0.25) is 5.91 Å². The number of amides is 2. The van der Waals surface area contributed by atoms with Gasteiger partial charge in [-0.05, 0) is 54.7 Å². The highest BCUT2D eigenvalue weighted by molar-refractivity contribution is 6.12. The molecule has 0 radical (unpaired) electrons. The number of carbonyl (C=O) groups excluding carboxylic acids is 2. The molecule has 1 heterocycles. The predicted octanol–water partition coefficient (Wildman–Crippen LogP) is 5.97. The fourth-order valence-electron chi connectivity index (χ4n) is 4.45. The summed E-state index contributed by atoms with van der Waals surface area (Å²) in [6.45, 7) is 6.16. The van der Waals surface area contributed by atoms with Crippen LogP contribution < -0.4 is 10.6 Å². The Kier molecular flexibility index (Phi) is 7.56. The molecule has 5 nitrogen and oxygen atoms in total. The monoisotopic (exact) mass is 465 g/mol. The van der Waals surface area contributed by atoms with Crippen molar-refractivity contribution < 1.29 is 9.59 Å². The summed E-state index contributed by atoms with van der Waals surface area (Å²) in [6, 6.07) is 27.0. The Hall–Kier alpha value is -3.99. The van der Waals surface area contributed by atoms with Crippen LogP contribution in [0.3, 0.4) is 0 Å². The van der Waals surface area contributed by atoms with Crippen molar-refractivity contribution >= 4 is 28.4 Å². The summed E-state index contributed by atoms with van der Waals surface area (Å²) in [7, 11) is 0. The molecular weight excluding hydrogens is 434 g/mol. The van der Waals surface area contributed by atoms with E-state index in [4.69, 9.17) is 0 Å². The van der Waals surface area contributed by atoms with Gasteiger partial charge in [0, 0.05) is 23.3 Å². The van der Waals surface area contributed by atoms with E-state index in [1.54, 1.807) is 12.3 Å². The third kappa shape index (κ3) is 5.93. The van der Waals surface area contributed by atoms with Gasteiger partial charge in [-0.25, -0.2) is 0 Å². The minimum Gasteiger partial charge on any atom is -0.353 e. The van der Waals surface area contributed by atoms with Crippen molar-refractivity contribution in [1.82, 2.24) is 10.3 Å². The Morgan fingerprint density at radius 3 is 2.23 bits per heavy atom. The van der Waals surface area contributed by atoms with Crippen molar-refractivity contribution in [1.29, 1.82) is 0 Å². The molecule has 1 aromatic heterocycles. The highest BCUT2D eigenvalue weighted by Crippen LogP contribution is 2.25. The molecule has 178 valence electrons. The van der Waals surface area contributed by atoms with Crippen LogP contribution in [0.15, 0.2) is 91.1 Å². The largest absolute Gasteiger partial charge is 0.353 e. The number of rotatable bonds is 8. The fraction of sp³-hybridized carbons (Fsp3) is 0.233. The molecule has 0 aliphatic heterocycles. The number of aromatic nitrogens is 1. The molecule has 2 amide bonds. The van der Waals surface area contributed by atoms with Crippen LogP contribution in [-0.2, 0) is 11.2 Å². The lowest BCUT2D eigenvalue weighted by molar-refractivity contribution is -0.124. The number of fused-ring (bicyclic) bond motifs is 1. The fourth-order valence-corrected chi connectivity index (χ4v) is 4.45. The number of benzene rings is 3. The molecule has 4 rings (SSSR count). The van der Waals surface area contributed by atoms with E-state index in [1.807, 2.05) is 85.8 Å². The van der Waals surface area contributed by atoms with Gasteiger partial charge in [-0.15, -0.1) is 0 Å². The summed E-state index contributed by atoms with van der Waals surface area (Å²) in [6.07, 6.45) is 2.35. The summed E-state index contributed by atoms with van der Waals surface area (Å²) in [5, 5.41) is 6.97. The summed E-state index contributed by atoms with van der Waals surface area (Å²) >= 11 is 0. The molecule has 0 aliphatic rings. The summed E-state index contributed by atoms with van der Waals surface area (Å²) in [5.74, 6) is -0.102. The zero-order chi connectivity index (χ0) is 24.8. The van der Waals surface area contributed by atoms with Crippen LogP contribution in [-0.4, -0.2) is 22.8 Å². The Morgan fingerprint density at radius 2 is 1.51 bits per heavy atom. The van der Waals surface area contributed by atoms with Crippen LogP contribution >= 0.6 is 0 Å². The molecule has 1 unspecified atom stereocenters. The number of hydrogen-bond acceptors (Lipinski definition) is 3. The topological polar surface area (TPSA) is 71.1 Å². The minimum absolute atomic E-state index is 0.0175. The molecule has 0 fully saturated rings. The van der Waals surface area contributed by atoms with E-state index in [0.29, 0.717) is 12.0 Å². The van der Waals surface area contributed by atoms with E-state index in [0.717, 1.165) is 27.7 Å². The zero-order valence-corrected chi connectivity index (χ0v) is 20.4. The molecule has 2 N–H and O–H groups in total. The van der Waals surface area contributed by atoms with Crippen LogP contribution in [0.2, 0.25) is 0 Å². The Balaban J connectivity index is 1.37. The lowest BCUT2D eigenvalue weighted by Crippen LogP contribution is -2.39. The first-order valence-electron chi connectivity index (χ1n) is 12.0. The van der Waals surface area contributed by atoms with Crippen molar-refractivity contribution in [2.75, 3.05) is 5.32 Å². The number of pyridine rings is 1. The first kappa shape index (κ1) is 24.1. The number of hydrogen-bond donors (Lipinski definition) is 2. The van der Waals surface area contributed by atoms with E-state index in [1.165, 1.54) is 0 Å². The summed E-state index contributed by atoms with van der Waals surface area (Å²) < 4.78 is 0. The maximum Gasteiger partial charge on any atom is 0.256 e. The number of nitrogens with one attached hydrogen (secondary N) is 2. The smallest absolute Gasteiger partial charge is 0.256 e. The molecule has 0 saturated heterocycles. The first-order valence-corrected chi connectivity index (χ1v) is 12.0. The second-order valence-electron chi connectivity index (χ2n) is 9.27. The Labute approximate surface area is 206 Å². The molecule has 0 bridgehead atoms. The quantitative estimate of drug-likeness (QED) is 0.337. The van der Waals surface area contributed by atoms with Gasteiger partial charge in [0.1, 0.15) is 0 Å². The number of anilines is 1. The highest BCUT2D eigenvalue weighted by atomic mass is 16.2. The third-order valence-electron chi connectivity index (χ3n) is 6.14. The van der Waals surface area contributed by atoms with E-state index in [-0.39, 0.29) is 29.7 Å². The second-order valence-corrected chi connectivity index (χ2v) is 9.27. The SMILES string of the molecule is CC(C)C(C(=O)N[C@H](C)Cc1ccc(NC(=O)c2ccnc3ccccc23)cc1)c1ccccc1. The van der Waals surface area contributed by atoms with Crippen molar-refractivity contribution in [3.05, 3.63) is 108 Å². The average molecular weight is 466 g/mol. The van der Waals surface area contributed by atoms with E-state index in [2.05, 4.69) is 29.5 Å². The second kappa shape index (κ2) is 11.0. The molecule has 0 saturated carbocycles. The van der Waals surface area contributed by atoms with E-state index >= 15 is 0 Å². The molecular formula is C30H31N3O2. The molecule has 3 aromatic carbocycles. The number of para-hydroxylation sites is 1. The average Bonchev–Trinajstić information content (AvgIpc) is 2.85.